The molecular formula is C12H19NO2. The molecule has 84 valence electrons. The van der Waals surface area contributed by atoms with E-state index >= 15 is 0 Å². The summed E-state index contributed by atoms with van der Waals surface area (Å²) in [6.07, 6.45) is -0.361. The van der Waals surface area contributed by atoms with E-state index in [-0.39, 0.29) is 12.7 Å². The van der Waals surface area contributed by atoms with Crippen molar-refractivity contribution in [3.63, 3.8) is 0 Å². The number of benzene rings is 1. The maximum absolute atomic E-state index is 9.30. The second-order valence-corrected chi connectivity index (χ2v) is 3.79. The highest BCUT2D eigenvalue weighted by Crippen LogP contribution is 2.04. The van der Waals surface area contributed by atoms with E-state index in [4.69, 9.17) is 5.11 Å². The summed E-state index contributed by atoms with van der Waals surface area (Å²) in [6.45, 7) is 3.84. The Morgan fingerprint density at radius 3 is 2.47 bits per heavy atom. The van der Waals surface area contributed by atoms with Crippen LogP contribution in [0.5, 0.6) is 0 Å². The fraction of sp³-hybridized carbons (Fsp3) is 0.500. The van der Waals surface area contributed by atoms with E-state index in [1.54, 1.807) is 6.92 Å². The minimum atomic E-state index is -0.361. The molecule has 3 heteroatoms. The van der Waals surface area contributed by atoms with Crippen molar-refractivity contribution >= 4 is 0 Å². The highest BCUT2D eigenvalue weighted by Gasteiger charge is 2.07. The molecule has 0 amide bonds. The highest BCUT2D eigenvalue weighted by molar-refractivity contribution is 5.14. The molecule has 0 heterocycles. The minimum absolute atomic E-state index is 0.125. The van der Waals surface area contributed by atoms with E-state index in [1.165, 1.54) is 5.56 Å². The van der Waals surface area contributed by atoms with E-state index in [0.29, 0.717) is 13.1 Å². The quantitative estimate of drug-likeness (QED) is 0.730. The Bertz CT molecular complexity index is 262. The Labute approximate surface area is 91.0 Å². The van der Waals surface area contributed by atoms with Gasteiger partial charge in [0.15, 0.2) is 0 Å². The summed E-state index contributed by atoms with van der Waals surface area (Å²) in [4.78, 5) is 2.04. The molecule has 0 bridgehead atoms. The molecule has 0 saturated heterocycles. The Balaban J connectivity index is 2.50. The third kappa shape index (κ3) is 4.93. The summed E-state index contributed by atoms with van der Waals surface area (Å²) in [5, 5.41) is 18.2. The molecule has 0 aliphatic rings. The molecule has 1 aromatic carbocycles. The van der Waals surface area contributed by atoms with Gasteiger partial charge in [-0.25, -0.2) is 0 Å². The molecule has 0 aliphatic carbocycles. The second kappa shape index (κ2) is 6.56. The van der Waals surface area contributed by atoms with Gasteiger partial charge in [0, 0.05) is 19.6 Å². The molecule has 1 unspecified atom stereocenters. The standard InChI is InChI=1S/C12H19NO2/c1-11(15)9-13(7-8-14)10-12-5-3-2-4-6-12/h2-6,11,14-15H,7-10H2,1H3. The topological polar surface area (TPSA) is 43.7 Å². The van der Waals surface area contributed by atoms with Crippen molar-refractivity contribution in [1.29, 1.82) is 0 Å². The van der Waals surface area contributed by atoms with E-state index < -0.39 is 0 Å². The van der Waals surface area contributed by atoms with Gasteiger partial charge in [-0.15, -0.1) is 0 Å². The van der Waals surface area contributed by atoms with Gasteiger partial charge >= 0.3 is 0 Å². The minimum Gasteiger partial charge on any atom is -0.395 e. The number of rotatable bonds is 6. The summed E-state index contributed by atoms with van der Waals surface area (Å²) in [6, 6.07) is 10.1. The average Bonchev–Trinajstić information content (AvgIpc) is 2.18. The van der Waals surface area contributed by atoms with Crippen molar-refractivity contribution in [2.45, 2.75) is 19.6 Å². The zero-order valence-corrected chi connectivity index (χ0v) is 9.13. The Kier molecular flexibility index (Phi) is 5.32. The van der Waals surface area contributed by atoms with Crippen molar-refractivity contribution < 1.29 is 10.2 Å². The van der Waals surface area contributed by atoms with Gasteiger partial charge in [0.2, 0.25) is 0 Å². The highest BCUT2D eigenvalue weighted by atomic mass is 16.3. The first kappa shape index (κ1) is 12.2. The lowest BCUT2D eigenvalue weighted by molar-refractivity contribution is 0.107. The van der Waals surface area contributed by atoms with Gasteiger partial charge in [0.05, 0.1) is 12.7 Å². The normalized spacial score (nSPS) is 13.1. The predicted molar refractivity (Wildman–Crippen MR) is 60.5 cm³/mol. The molecular weight excluding hydrogens is 190 g/mol. The van der Waals surface area contributed by atoms with Gasteiger partial charge in [-0.2, -0.15) is 0 Å². The van der Waals surface area contributed by atoms with Crippen LogP contribution in [0.3, 0.4) is 0 Å². The molecule has 15 heavy (non-hydrogen) atoms. The third-order valence-corrected chi connectivity index (χ3v) is 2.19. The van der Waals surface area contributed by atoms with Gasteiger partial charge in [-0.3, -0.25) is 4.90 Å². The van der Waals surface area contributed by atoms with Gasteiger partial charge < -0.3 is 10.2 Å². The third-order valence-electron chi connectivity index (χ3n) is 2.19. The maximum Gasteiger partial charge on any atom is 0.0639 e. The second-order valence-electron chi connectivity index (χ2n) is 3.79. The van der Waals surface area contributed by atoms with Crippen LogP contribution >= 0.6 is 0 Å². The zero-order valence-electron chi connectivity index (χ0n) is 9.13. The molecule has 0 spiro atoms. The van der Waals surface area contributed by atoms with Crippen molar-refractivity contribution in [1.82, 2.24) is 4.90 Å². The smallest absolute Gasteiger partial charge is 0.0639 e. The largest absolute Gasteiger partial charge is 0.395 e. The Hall–Kier alpha value is -0.900. The first-order valence-electron chi connectivity index (χ1n) is 5.27. The average molecular weight is 209 g/mol. The summed E-state index contributed by atoms with van der Waals surface area (Å²) in [5.74, 6) is 0. The van der Waals surface area contributed by atoms with E-state index in [1.807, 2.05) is 35.2 Å². The van der Waals surface area contributed by atoms with Crippen LogP contribution in [0.1, 0.15) is 12.5 Å². The number of aliphatic hydroxyl groups excluding tert-OH is 2. The molecule has 0 radical (unpaired) electrons. The fourth-order valence-corrected chi connectivity index (χ4v) is 1.59. The van der Waals surface area contributed by atoms with Crippen molar-refractivity contribution in [2.24, 2.45) is 0 Å². The summed E-state index contributed by atoms with van der Waals surface area (Å²) >= 11 is 0. The molecule has 0 aromatic heterocycles. The molecule has 1 rings (SSSR count). The van der Waals surface area contributed by atoms with Crippen LogP contribution in [-0.4, -0.2) is 40.9 Å². The van der Waals surface area contributed by atoms with Gasteiger partial charge in [-0.1, -0.05) is 30.3 Å². The van der Waals surface area contributed by atoms with Crippen LogP contribution in [0.4, 0.5) is 0 Å². The van der Waals surface area contributed by atoms with E-state index in [9.17, 15) is 5.11 Å². The van der Waals surface area contributed by atoms with Crippen LogP contribution in [0.15, 0.2) is 30.3 Å². The van der Waals surface area contributed by atoms with Gasteiger partial charge in [-0.05, 0) is 12.5 Å². The SMILES string of the molecule is CC(O)CN(CCO)Cc1ccccc1. The monoisotopic (exact) mass is 209 g/mol. The number of aliphatic hydroxyl groups is 2. The Morgan fingerprint density at radius 1 is 1.27 bits per heavy atom. The molecule has 2 N–H and O–H groups in total. The molecule has 1 aromatic rings. The summed E-state index contributed by atoms with van der Waals surface area (Å²) in [5.41, 5.74) is 1.20. The lowest BCUT2D eigenvalue weighted by Gasteiger charge is -2.22. The van der Waals surface area contributed by atoms with Crippen LogP contribution in [0.2, 0.25) is 0 Å². The van der Waals surface area contributed by atoms with E-state index in [2.05, 4.69) is 0 Å². The van der Waals surface area contributed by atoms with Crippen molar-refractivity contribution in [3.8, 4) is 0 Å². The molecule has 0 fully saturated rings. The van der Waals surface area contributed by atoms with Crippen molar-refractivity contribution in [3.05, 3.63) is 35.9 Å². The van der Waals surface area contributed by atoms with E-state index in [0.717, 1.165) is 6.54 Å². The lowest BCUT2D eigenvalue weighted by atomic mass is 10.2. The summed E-state index contributed by atoms with van der Waals surface area (Å²) < 4.78 is 0. The van der Waals surface area contributed by atoms with Crippen LogP contribution < -0.4 is 0 Å². The van der Waals surface area contributed by atoms with Crippen LogP contribution in [-0.2, 0) is 6.54 Å². The van der Waals surface area contributed by atoms with Crippen molar-refractivity contribution in [2.75, 3.05) is 19.7 Å². The Morgan fingerprint density at radius 2 is 1.93 bits per heavy atom. The molecule has 3 nitrogen and oxygen atoms in total. The van der Waals surface area contributed by atoms with Gasteiger partial charge in [0.25, 0.3) is 0 Å². The fourth-order valence-electron chi connectivity index (χ4n) is 1.59. The van der Waals surface area contributed by atoms with Gasteiger partial charge in [0.1, 0.15) is 0 Å². The number of nitrogens with zero attached hydrogens (tertiary/aromatic N) is 1. The van der Waals surface area contributed by atoms with Crippen LogP contribution in [0, 0.1) is 0 Å². The first-order valence-corrected chi connectivity index (χ1v) is 5.27. The summed E-state index contributed by atoms with van der Waals surface area (Å²) in [7, 11) is 0. The lowest BCUT2D eigenvalue weighted by Crippen LogP contribution is -2.32. The maximum atomic E-state index is 9.30. The number of hydrogen-bond acceptors (Lipinski definition) is 3. The van der Waals surface area contributed by atoms with Crippen LogP contribution in [0.25, 0.3) is 0 Å². The predicted octanol–water partition coefficient (Wildman–Crippen LogP) is 0.862. The zero-order chi connectivity index (χ0) is 11.1. The molecule has 1 atom stereocenters. The number of hydrogen-bond donors (Lipinski definition) is 2. The molecule has 0 aliphatic heterocycles. The first-order chi connectivity index (χ1) is 7.22. The molecule has 0 saturated carbocycles.